The van der Waals surface area contributed by atoms with Crippen molar-refractivity contribution in [3.63, 3.8) is 0 Å². The second kappa shape index (κ2) is 8.53. The predicted molar refractivity (Wildman–Crippen MR) is 109 cm³/mol. The Bertz CT molecular complexity index is 936. The first-order chi connectivity index (χ1) is 14.6. The highest BCUT2D eigenvalue weighted by Crippen LogP contribution is 2.39. The predicted octanol–water partition coefficient (Wildman–Crippen LogP) is 3.20. The number of hydrogen-bond donors (Lipinski definition) is 2. The Balaban J connectivity index is 1.75. The molecule has 8 nitrogen and oxygen atoms in total. The monoisotopic (exact) mass is 430 g/mol. The molecule has 1 aromatic carbocycles. The van der Waals surface area contributed by atoms with E-state index >= 15 is 0 Å². The van der Waals surface area contributed by atoms with Gasteiger partial charge in [-0.3, -0.25) is 9.69 Å². The molecule has 2 aliphatic rings. The van der Waals surface area contributed by atoms with E-state index in [-0.39, 0.29) is 30.1 Å². The lowest BCUT2D eigenvalue weighted by atomic mass is 9.72. The number of rotatable bonds is 4. The fourth-order valence-electron chi connectivity index (χ4n) is 4.19. The summed E-state index contributed by atoms with van der Waals surface area (Å²) < 4.78 is 19.6. The van der Waals surface area contributed by atoms with Crippen molar-refractivity contribution in [3.05, 3.63) is 35.1 Å². The van der Waals surface area contributed by atoms with Crippen LogP contribution in [0, 0.1) is 23.1 Å². The molecule has 31 heavy (non-hydrogen) atoms. The van der Waals surface area contributed by atoms with E-state index in [1.54, 1.807) is 20.8 Å². The van der Waals surface area contributed by atoms with Gasteiger partial charge in [0.1, 0.15) is 17.0 Å². The zero-order valence-corrected chi connectivity index (χ0v) is 18.0. The molecular weight excluding hydrogens is 403 g/mol. The largest absolute Gasteiger partial charge is 0.444 e. The van der Waals surface area contributed by atoms with E-state index in [4.69, 9.17) is 10.00 Å². The maximum Gasteiger partial charge on any atom is 0.407 e. The average molecular weight is 430 g/mol. The van der Waals surface area contributed by atoms with Gasteiger partial charge in [0.15, 0.2) is 0 Å². The van der Waals surface area contributed by atoms with Crippen LogP contribution in [0.2, 0.25) is 0 Å². The molecule has 2 atom stereocenters. The van der Waals surface area contributed by atoms with Gasteiger partial charge in [0.05, 0.1) is 18.2 Å². The molecule has 1 spiro atoms. The highest BCUT2D eigenvalue weighted by Gasteiger charge is 2.56. The molecule has 1 heterocycles. The average Bonchev–Trinajstić information content (AvgIpc) is 2.92. The van der Waals surface area contributed by atoms with E-state index in [9.17, 15) is 18.8 Å². The molecule has 0 aromatic heterocycles. The molecule has 1 aromatic rings. The summed E-state index contributed by atoms with van der Waals surface area (Å²) in [5.74, 6) is -1.37. The summed E-state index contributed by atoms with van der Waals surface area (Å²) in [6, 6.07) is 5.20. The van der Waals surface area contributed by atoms with Crippen LogP contribution in [0.1, 0.15) is 57.6 Å². The Labute approximate surface area is 180 Å². The molecule has 1 aliphatic carbocycles. The van der Waals surface area contributed by atoms with Gasteiger partial charge in [0, 0.05) is 18.0 Å². The zero-order chi connectivity index (χ0) is 22.8. The second-order valence-corrected chi connectivity index (χ2v) is 9.04. The summed E-state index contributed by atoms with van der Waals surface area (Å²) in [6.07, 6.45) is 2.15. The fourth-order valence-corrected chi connectivity index (χ4v) is 4.19. The van der Waals surface area contributed by atoms with Gasteiger partial charge < -0.3 is 15.4 Å². The summed E-state index contributed by atoms with van der Waals surface area (Å²) >= 11 is 0. The molecule has 166 valence electrons. The number of nitrogens with zero attached hydrogens (tertiary/aromatic N) is 2. The summed E-state index contributed by atoms with van der Waals surface area (Å²) in [7, 11) is 0. The summed E-state index contributed by atoms with van der Waals surface area (Å²) in [5, 5.41) is 14.4. The lowest BCUT2D eigenvalue weighted by molar-refractivity contribution is -0.135. The molecular formula is C22H27FN4O4. The molecule has 2 fully saturated rings. The van der Waals surface area contributed by atoms with E-state index in [0.717, 1.165) is 23.8 Å². The van der Waals surface area contributed by atoms with E-state index in [1.165, 1.54) is 12.1 Å². The van der Waals surface area contributed by atoms with Crippen LogP contribution in [0.5, 0.6) is 0 Å². The summed E-state index contributed by atoms with van der Waals surface area (Å²) in [5.41, 5.74) is -1.46. The molecule has 0 bridgehead atoms. The summed E-state index contributed by atoms with van der Waals surface area (Å²) in [6.45, 7) is 5.23. The number of nitrogens with one attached hydrogen (secondary N) is 2. The third-order valence-corrected chi connectivity index (χ3v) is 5.67. The van der Waals surface area contributed by atoms with E-state index in [2.05, 4.69) is 10.6 Å². The Morgan fingerprint density at radius 2 is 2.13 bits per heavy atom. The van der Waals surface area contributed by atoms with Gasteiger partial charge in [0.25, 0.3) is 5.91 Å². The van der Waals surface area contributed by atoms with E-state index < -0.39 is 35.0 Å². The van der Waals surface area contributed by atoms with Gasteiger partial charge >= 0.3 is 12.1 Å². The quantitative estimate of drug-likeness (QED) is 0.713. The number of ether oxygens (including phenoxy) is 1. The van der Waals surface area contributed by atoms with Crippen molar-refractivity contribution in [2.24, 2.45) is 5.92 Å². The number of urea groups is 1. The van der Waals surface area contributed by atoms with Crippen LogP contribution in [-0.4, -0.2) is 40.6 Å². The van der Waals surface area contributed by atoms with Gasteiger partial charge in [-0.2, -0.15) is 5.26 Å². The molecule has 9 heteroatoms. The minimum atomic E-state index is -1.13. The molecule has 4 amide bonds. The number of alkyl carbamates (subject to hydrolysis) is 1. The number of benzene rings is 1. The van der Waals surface area contributed by atoms with Crippen LogP contribution in [0.3, 0.4) is 0 Å². The first-order valence-electron chi connectivity index (χ1n) is 10.4. The molecule has 0 radical (unpaired) electrons. The molecule has 1 saturated heterocycles. The number of halogens is 1. The Morgan fingerprint density at radius 3 is 2.77 bits per heavy atom. The lowest BCUT2D eigenvalue weighted by Crippen LogP contribution is -2.57. The van der Waals surface area contributed by atoms with Crippen LogP contribution >= 0.6 is 0 Å². The topological polar surface area (TPSA) is 112 Å². The first-order valence-corrected chi connectivity index (χ1v) is 10.4. The number of hydrogen-bond acceptors (Lipinski definition) is 5. The number of imide groups is 1. The van der Waals surface area contributed by atoms with Crippen LogP contribution in [0.15, 0.2) is 18.2 Å². The van der Waals surface area contributed by atoms with Crippen LogP contribution in [0.4, 0.5) is 14.0 Å². The number of amides is 4. The van der Waals surface area contributed by atoms with Crippen molar-refractivity contribution in [2.45, 2.75) is 64.1 Å². The highest BCUT2D eigenvalue weighted by atomic mass is 19.1. The van der Waals surface area contributed by atoms with Gasteiger partial charge in [-0.1, -0.05) is 18.9 Å². The fraction of sp³-hybridized carbons (Fsp3) is 0.545. The number of carbonyl (C=O) groups is 3. The van der Waals surface area contributed by atoms with Crippen molar-refractivity contribution in [1.29, 1.82) is 5.26 Å². The van der Waals surface area contributed by atoms with E-state index in [0.29, 0.717) is 12.8 Å². The van der Waals surface area contributed by atoms with Gasteiger partial charge in [-0.15, -0.1) is 0 Å². The molecule has 2 N–H and O–H groups in total. The van der Waals surface area contributed by atoms with Crippen molar-refractivity contribution in [1.82, 2.24) is 15.5 Å². The SMILES string of the molecule is CC(C)(C)OC(=O)NC[C@@H]1CCCC[C@]12NC(=O)N(Cc1ccc(C#N)cc1F)C2=O. The number of nitriles is 1. The van der Waals surface area contributed by atoms with Crippen LogP contribution in [-0.2, 0) is 16.1 Å². The third kappa shape index (κ3) is 4.79. The maximum absolute atomic E-state index is 14.3. The van der Waals surface area contributed by atoms with Crippen molar-refractivity contribution < 1.29 is 23.5 Å². The van der Waals surface area contributed by atoms with Crippen molar-refractivity contribution in [2.75, 3.05) is 6.54 Å². The normalized spacial score (nSPS) is 23.5. The highest BCUT2D eigenvalue weighted by molar-refractivity contribution is 6.07. The molecule has 3 rings (SSSR count). The zero-order valence-electron chi connectivity index (χ0n) is 18.0. The minimum Gasteiger partial charge on any atom is -0.444 e. The van der Waals surface area contributed by atoms with E-state index in [1.807, 2.05) is 6.07 Å². The van der Waals surface area contributed by atoms with Crippen molar-refractivity contribution >= 4 is 18.0 Å². The smallest absolute Gasteiger partial charge is 0.407 e. The minimum absolute atomic E-state index is 0.152. The van der Waals surface area contributed by atoms with Gasteiger partial charge in [-0.05, 0) is 45.7 Å². The van der Waals surface area contributed by atoms with Crippen molar-refractivity contribution in [3.8, 4) is 6.07 Å². The third-order valence-electron chi connectivity index (χ3n) is 5.67. The van der Waals surface area contributed by atoms with Gasteiger partial charge in [-0.25, -0.2) is 14.0 Å². The Kier molecular flexibility index (Phi) is 6.20. The summed E-state index contributed by atoms with van der Waals surface area (Å²) in [4.78, 5) is 39.1. The molecule has 1 saturated carbocycles. The Morgan fingerprint density at radius 1 is 1.39 bits per heavy atom. The molecule has 1 aliphatic heterocycles. The lowest BCUT2D eigenvalue weighted by Gasteiger charge is -2.39. The van der Waals surface area contributed by atoms with Gasteiger partial charge in [0.2, 0.25) is 0 Å². The Hall–Kier alpha value is -3.15. The standard InChI is InChI=1S/C22H27FN4O4/c1-21(2,3)31-20(30)25-12-16-6-4-5-9-22(16)18(28)27(19(29)26-22)13-15-8-7-14(11-24)10-17(15)23/h7-8,10,16H,4-6,9,12-13H2,1-3H3,(H,25,30)(H,26,29)/t16-,22-/m0/s1. The van der Waals surface area contributed by atoms with Crippen LogP contribution in [0.25, 0.3) is 0 Å². The first kappa shape index (κ1) is 22.5. The number of carbonyl (C=O) groups excluding carboxylic acids is 3. The van der Waals surface area contributed by atoms with Crippen LogP contribution < -0.4 is 10.6 Å². The molecule has 0 unspecified atom stereocenters. The maximum atomic E-state index is 14.3. The second-order valence-electron chi connectivity index (χ2n) is 9.04.